The Kier molecular flexibility index (Phi) is 6.50. The first-order valence-corrected chi connectivity index (χ1v) is 5.50. The van der Waals surface area contributed by atoms with Gasteiger partial charge in [-0.3, -0.25) is 14.4 Å². The molecule has 7 nitrogen and oxygen atoms in total. The number of carboxylic acid groups (broad SMARTS) is 3. The van der Waals surface area contributed by atoms with Crippen LogP contribution in [-0.2, 0) is 14.4 Å². The minimum atomic E-state index is -1.21. The minimum absolute atomic E-state index is 0.0304. The maximum absolute atomic E-state index is 10.6. The summed E-state index contributed by atoms with van der Waals surface area (Å²) in [6.45, 7) is 0. The van der Waals surface area contributed by atoms with Crippen molar-refractivity contribution in [2.45, 2.75) is 12.5 Å². The lowest BCUT2D eigenvalue weighted by Crippen LogP contribution is -2.33. The SMILES string of the molecule is NC(CSCC(CC(=O)O)C(=O)O)C(=O)O. The minimum Gasteiger partial charge on any atom is -0.481 e. The lowest BCUT2D eigenvalue weighted by Gasteiger charge is -2.10. The van der Waals surface area contributed by atoms with Crippen LogP contribution in [0.1, 0.15) is 6.42 Å². The van der Waals surface area contributed by atoms with Crippen molar-refractivity contribution in [3.63, 3.8) is 0 Å². The molecule has 8 heteroatoms. The molecular weight excluding hydrogens is 238 g/mol. The van der Waals surface area contributed by atoms with E-state index in [1.165, 1.54) is 0 Å². The Hall–Kier alpha value is -1.28. The van der Waals surface area contributed by atoms with Gasteiger partial charge in [-0.2, -0.15) is 11.8 Å². The van der Waals surface area contributed by atoms with Gasteiger partial charge in [-0.05, 0) is 0 Å². The zero-order valence-electron chi connectivity index (χ0n) is 8.33. The topological polar surface area (TPSA) is 138 Å². The molecule has 5 N–H and O–H groups in total. The Morgan fingerprint density at radius 1 is 1.06 bits per heavy atom. The van der Waals surface area contributed by atoms with Gasteiger partial charge in [0.15, 0.2) is 0 Å². The number of carboxylic acids is 3. The number of nitrogens with two attached hydrogens (primary N) is 1. The Balaban J connectivity index is 3.99. The number of hydrogen-bond donors (Lipinski definition) is 4. The van der Waals surface area contributed by atoms with Gasteiger partial charge in [0.25, 0.3) is 0 Å². The van der Waals surface area contributed by atoms with Crippen molar-refractivity contribution in [1.29, 1.82) is 0 Å². The lowest BCUT2D eigenvalue weighted by molar-refractivity contribution is -0.147. The quantitative estimate of drug-likeness (QED) is 0.444. The molecule has 0 saturated heterocycles. The van der Waals surface area contributed by atoms with E-state index in [-0.39, 0.29) is 11.5 Å². The molecule has 0 aromatic rings. The Morgan fingerprint density at radius 2 is 1.62 bits per heavy atom. The van der Waals surface area contributed by atoms with Crippen LogP contribution in [0, 0.1) is 5.92 Å². The Morgan fingerprint density at radius 3 is 2.00 bits per heavy atom. The predicted molar refractivity (Wildman–Crippen MR) is 56.3 cm³/mol. The highest BCUT2D eigenvalue weighted by molar-refractivity contribution is 7.99. The summed E-state index contributed by atoms with van der Waals surface area (Å²) in [6.07, 6.45) is -0.482. The monoisotopic (exact) mass is 251 g/mol. The number of carbonyl (C=O) groups is 3. The fourth-order valence-electron chi connectivity index (χ4n) is 0.837. The van der Waals surface area contributed by atoms with Gasteiger partial charge in [-0.25, -0.2) is 0 Å². The van der Waals surface area contributed by atoms with Gasteiger partial charge in [0.1, 0.15) is 6.04 Å². The summed E-state index contributed by atoms with van der Waals surface area (Å²) in [5.74, 6) is -4.52. The highest BCUT2D eigenvalue weighted by atomic mass is 32.2. The second-order valence-corrected chi connectivity index (χ2v) is 4.19. The predicted octanol–water partition coefficient (Wildman–Crippen LogP) is -0.693. The standard InChI is InChI=1S/C8H13NO6S/c9-5(8(14)15)3-16-2-4(7(12)13)1-6(10)11/h4-5H,1-3,9H2,(H,10,11)(H,12,13)(H,14,15). The van der Waals surface area contributed by atoms with E-state index in [1.807, 2.05) is 0 Å². The third-order valence-electron chi connectivity index (χ3n) is 1.70. The molecule has 0 saturated carbocycles. The van der Waals surface area contributed by atoms with Crippen LogP contribution in [0.2, 0.25) is 0 Å². The molecule has 0 bridgehead atoms. The van der Waals surface area contributed by atoms with E-state index >= 15 is 0 Å². The molecule has 0 spiro atoms. The van der Waals surface area contributed by atoms with Crippen LogP contribution in [-0.4, -0.2) is 50.8 Å². The van der Waals surface area contributed by atoms with Crippen LogP contribution in [0.15, 0.2) is 0 Å². The zero-order valence-corrected chi connectivity index (χ0v) is 9.14. The lowest BCUT2D eigenvalue weighted by atomic mass is 10.1. The highest BCUT2D eigenvalue weighted by Gasteiger charge is 2.22. The van der Waals surface area contributed by atoms with Gasteiger partial charge in [0.2, 0.25) is 0 Å². The molecule has 0 heterocycles. The normalized spacial score (nSPS) is 14.1. The molecule has 0 aromatic carbocycles. The number of rotatable bonds is 8. The van der Waals surface area contributed by atoms with Crippen LogP contribution < -0.4 is 5.73 Å². The zero-order chi connectivity index (χ0) is 12.7. The fraction of sp³-hybridized carbons (Fsp3) is 0.625. The molecule has 0 aliphatic carbocycles. The highest BCUT2D eigenvalue weighted by Crippen LogP contribution is 2.13. The van der Waals surface area contributed by atoms with Crippen molar-refractivity contribution in [3.05, 3.63) is 0 Å². The van der Waals surface area contributed by atoms with Gasteiger partial charge in [-0.15, -0.1) is 0 Å². The molecule has 0 rings (SSSR count). The molecular formula is C8H13NO6S. The molecule has 0 aromatic heterocycles. The summed E-state index contributed by atoms with van der Waals surface area (Å²) in [6, 6.07) is -1.07. The van der Waals surface area contributed by atoms with Crippen LogP contribution in [0.25, 0.3) is 0 Å². The maximum Gasteiger partial charge on any atom is 0.321 e. The maximum atomic E-state index is 10.6. The first-order valence-electron chi connectivity index (χ1n) is 4.35. The Labute approximate surface area is 95.6 Å². The number of thioether (sulfide) groups is 1. The average molecular weight is 251 g/mol. The average Bonchev–Trinajstić information content (AvgIpc) is 2.14. The van der Waals surface area contributed by atoms with Gasteiger partial charge in [0, 0.05) is 11.5 Å². The smallest absolute Gasteiger partial charge is 0.321 e. The van der Waals surface area contributed by atoms with Crippen molar-refractivity contribution in [1.82, 2.24) is 0 Å². The molecule has 16 heavy (non-hydrogen) atoms. The van der Waals surface area contributed by atoms with E-state index in [4.69, 9.17) is 21.1 Å². The third kappa shape index (κ3) is 6.25. The second kappa shape index (κ2) is 7.07. The van der Waals surface area contributed by atoms with Crippen LogP contribution in [0.4, 0.5) is 0 Å². The van der Waals surface area contributed by atoms with Crippen LogP contribution in [0.5, 0.6) is 0 Å². The summed E-state index contributed by atoms with van der Waals surface area (Å²) in [5.41, 5.74) is 5.20. The van der Waals surface area contributed by atoms with E-state index < -0.39 is 36.3 Å². The third-order valence-corrected chi connectivity index (χ3v) is 2.94. The van der Waals surface area contributed by atoms with Crippen molar-refractivity contribution in [2.75, 3.05) is 11.5 Å². The van der Waals surface area contributed by atoms with Crippen molar-refractivity contribution in [3.8, 4) is 0 Å². The number of aliphatic carboxylic acids is 3. The van der Waals surface area contributed by atoms with Crippen LogP contribution in [0.3, 0.4) is 0 Å². The molecule has 0 amide bonds. The van der Waals surface area contributed by atoms with E-state index in [0.29, 0.717) is 0 Å². The molecule has 0 aliphatic heterocycles. The second-order valence-electron chi connectivity index (χ2n) is 3.12. The summed E-state index contributed by atoms with van der Waals surface area (Å²) in [5, 5.41) is 25.6. The van der Waals surface area contributed by atoms with E-state index in [2.05, 4.69) is 0 Å². The van der Waals surface area contributed by atoms with Crippen molar-refractivity contribution >= 4 is 29.7 Å². The van der Waals surface area contributed by atoms with Gasteiger partial charge in [0.05, 0.1) is 12.3 Å². The van der Waals surface area contributed by atoms with E-state index in [1.54, 1.807) is 0 Å². The van der Waals surface area contributed by atoms with Gasteiger partial charge in [-0.1, -0.05) is 0 Å². The van der Waals surface area contributed by atoms with Crippen LogP contribution >= 0.6 is 11.8 Å². The summed E-state index contributed by atoms with van der Waals surface area (Å²) in [4.78, 5) is 31.3. The van der Waals surface area contributed by atoms with E-state index in [0.717, 1.165) is 11.8 Å². The molecule has 0 radical (unpaired) electrons. The summed E-state index contributed by atoms with van der Waals surface area (Å²) >= 11 is 1.02. The first-order chi connectivity index (χ1) is 7.34. The first kappa shape index (κ1) is 14.7. The van der Waals surface area contributed by atoms with Gasteiger partial charge < -0.3 is 21.1 Å². The molecule has 0 aliphatic rings. The fourth-order valence-corrected chi connectivity index (χ4v) is 1.91. The van der Waals surface area contributed by atoms with Crippen molar-refractivity contribution in [2.24, 2.45) is 11.7 Å². The Bertz CT molecular complexity index is 282. The molecule has 2 atom stereocenters. The molecule has 0 fully saturated rings. The summed E-state index contributed by atoms with van der Waals surface area (Å²) in [7, 11) is 0. The largest absolute Gasteiger partial charge is 0.481 e. The van der Waals surface area contributed by atoms with E-state index in [9.17, 15) is 14.4 Å². The summed E-state index contributed by atoms with van der Waals surface area (Å²) < 4.78 is 0. The number of hydrogen-bond acceptors (Lipinski definition) is 5. The van der Waals surface area contributed by atoms with Gasteiger partial charge >= 0.3 is 17.9 Å². The molecule has 92 valence electrons. The molecule has 2 unspecified atom stereocenters. The van der Waals surface area contributed by atoms with Crippen molar-refractivity contribution < 1.29 is 29.7 Å².